The Kier molecular flexibility index (Phi) is 8.78. The van der Waals surface area contributed by atoms with Crippen LogP contribution in [-0.4, -0.2) is 43.4 Å². The van der Waals surface area contributed by atoms with Crippen LogP contribution < -0.4 is 5.32 Å². The molecule has 0 saturated heterocycles. The van der Waals surface area contributed by atoms with Gasteiger partial charge in [0.1, 0.15) is 0 Å². The summed E-state index contributed by atoms with van der Waals surface area (Å²) in [6, 6.07) is 8.87. The predicted octanol–water partition coefficient (Wildman–Crippen LogP) is 1.67. The molecule has 0 atom stereocenters. The Morgan fingerprint density at radius 2 is 1.82 bits per heavy atom. The topological polar surface area (TPSA) is 86.6 Å². The second-order valence-electron chi connectivity index (χ2n) is 3.40. The van der Waals surface area contributed by atoms with Gasteiger partial charge in [0, 0.05) is 6.54 Å². The maximum atomic E-state index is 10.8. The van der Waals surface area contributed by atoms with E-state index < -0.39 is 13.2 Å². The summed E-state index contributed by atoms with van der Waals surface area (Å²) in [7, 11) is -4.64. The molecule has 0 unspecified atom stereocenters. The molecule has 0 radical (unpaired) electrons. The van der Waals surface area contributed by atoms with Crippen LogP contribution in [0, 0.1) is 0 Å². The number of carbonyl (C=O) groups is 1. The normalized spacial score (nSPS) is 10.2. The molecule has 1 rings (SSSR count). The maximum Gasteiger partial charge on any atom is 0.413 e. The molecule has 0 saturated carbocycles. The van der Waals surface area contributed by atoms with Crippen LogP contribution in [0.4, 0.5) is 4.79 Å². The van der Waals surface area contributed by atoms with Crippen LogP contribution in [0.2, 0.25) is 3.67 Å². The molecule has 0 aromatic heterocycles. The van der Waals surface area contributed by atoms with Crippen LogP contribution in [0.1, 0.15) is 12.5 Å². The van der Waals surface area contributed by atoms with Gasteiger partial charge in [-0.05, 0) is 5.56 Å². The molecule has 7 heteroatoms. The van der Waals surface area contributed by atoms with E-state index >= 15 is 0 Å². The Morgan fingerprint density at radius 3 is 2.24 bits per heavy atom. The van der Waals surface area contributed by atoms with E-state index in [0.29, 0.717) is 0 Å². The summed E-state index contributed by atoms with van der Waals surface area (Å²) in [4.78, 5) is 27.7. The molecule has 90 valence electrons. The van der Waals surface area contributed by atoms with E-state index in [-0.39, 0.29) is 6.54 Å². The Morgan fingerprint density at radius 1 is 1.35 bits per heavy atom. The van der Waals surface area contributed by atoms with Crippen molar-refractivity contribution < 1.29 is 19.1 Å². The molecule has 0 heterocycles. The third-order valence-corrected chi connectivity index (χ3v) is 2.24. The Bertz CT molecular complexity index is 379. The summed E-state index contributed by atoms with van der Waals surface area (Å²) >= 11 is 1.37. The van der Waals surface area contributed by atoms with Gasteiger partial charge in [0.05, 0.1) is 0 Å². The van der Waals surface area contributed by atoms with Crippen molar-refractivity contribution in [3.05, 3.63) is 35.9 Å². The number of amides is 1. The van der Waals surface area contributed by atoms with Gasteiger partial charge in [0.2, 0.25) is 0 Å². The fraction of sp³-hybridized carbons (Fsp3) is 0.300. The van der Waals surface area contributed by atoms with Gasteiger partial charge in [-0.25, -0.2) is 4.57 Å². The van der Waals surface area contributed by atoms with Gasteiger partial charge in [-0.2, -0.15) is 0 Å². The molecular weight excluding hydrogens is 252 g/mol. The summed E-state index contributed by atoms with van der Waals surface area (Å²) in [5, 5.41) is 2.14. The Balaban J connectivity index is 0.000000770. The van der Waals surface area contributed by atoms with E-state index in [2.05, 4.69) is 12.2 Å². The molecule has 1 aromatic rings. The van der Waals surface area contributed by atoms with Crippen LogP contribution >= 0.6 is 7.60 Å². The van der Waals surface area contributed by atoms with Gasteiger partial charge >= 0.3 is 51.8 Å². The van der Waals surface area contributed by atoms with Crippen LogP contribution in [0.3, 0.4) is 0 Å². The molecule has 0 spiro atoms. The first-order chi connectivity index (χ1) is 7.91. The van der Waals surface area contributed by atoms with Crippen molar-refractivity contribution in [1.82, 2.24) is 5.32 Å². The molecule has 0 bridgehead atoms. The number of hydrogen-bond acceptors (Lipinski definition) is 2. The van der Waals surface area contributed by atoms with Crippen LogP contribution in [0.5, 0.6) is 0 Å². The SMILES string of the molecule is C[CH2][Na].O=C(NCc1ccccc1)P(=O)(O)O. The van der Waals surface area contributed by atoms with Crippen molar-refractivity contribution in [3.8, 4) is 0 Å². The molecule has 0 fully saturated rings. The van der Waals surface area contributed by atoms with Gasteiger partial charge in [0.25, 0.3) is 0 Å². The van der Waals surface area contributed by atoms with E-state index in [1.165, 1.54) is 31.6 Å². The number of rotatable bonds is 3. The maximum absolute atomic E-state index is 10.8. The third-order valence-electron chi connectivity index (χ3n) is 1.55. The van der Waals surface area contributed by atoms with Crippen molar-refractivity contribution in [3.63, 3.8) is 0 Å². The molecule has 3 N–H and O–H groups in total. The molecule has 0 aliphatic carbocycles. The van der Waals surface area contributed by atoms with Gasteiger partial charge in [-0.15, -0.1) is 0 Å². The van der Waals surface area contributed by atoms with E-state index in [4.69, 9.17) is 9.79 Å². The zero-order valence-electron chi connectivity index (χ0n) is 9.96. The van der Waals surface area contributed by atoms with Crippen molar-refractivity contribution in [2.75, 3.05) is 0 Å². The zero-order valence-corrected chi connectivity index (χ0v) is 12.9. The molecular formula is C10H15NNaO4P. The predicted molar refractivity (Wildman–Crippen MR) is 67.0 cm³/mol. The van der Waals surface area contributed by atoms with Gasteiger partial charge in [0.15, 0.2) is 0 Å². The van der Waals surface area contributed by atoms with Crippen molar-refractivity contribution in [2.45, 2.75) is 17.1 Å². The van der Waals surface area contributed by atoms with Gasteiger partial charge < -0.3 is 15.1 Å². The molecule has 1 amide bonds. The van der Waals surface area contributed by atoms with Crippen LogP contribution in [-0.2, 0) is 11.1 Å². The second kappa shape index (κ2) is 8.86. The zero-order chi connectivity index (χ0) is 13.3. The molecule has 0 aliphatic heterocycles. The first-order valence-electron chi connectivity index (χ1n) is 5.29. The van der Waals surface area contributed by atoms with Gasteiger partial charge in [-0.3, -0.25) is 4.79 Å². The summed E-state index contributed by atoms with van der Waals surface area (Å²) in [6.45, 7) is 2.30. The van der Waals surface area contributed by atoms with Crippen LogP contribution in [0.15, 0.2) is 30.3 Å². The summed E-state index contributed by atoms with van der Waals surface area (Å²) < 4.78 is 11.8. The summed E-state index contributed by atoms with van der Waals surface area (Å²) in [5.74, 6) is 0. The monoisotopic (exact) mass is 267 g/mol. The van der Waals surface area contributed by atoms with Crippen molar-refractivity contribution in [2.24, 2.45) is 0 Å². The standard InChI is InChI=1S/C8H10NO4P.C2H5.Na/c10-8(14(11,12)13)9-6-7-4-2-1-3-5-7;1-2;/h1-5H,6H2,(H,9,10)(H2,11,12,13);1H2,2H3;. The van der Waals surface area contributed by atoms with E-state index in [1.54, 1.807) is 24.3 Å². The van der Waals surface area contributed by atoms with Crippen molar-refractivity contribution >= 4 is 41.2 Å². The minimum Gasteiger partial charge on any atom is -0.342 e. The van der Waals surface area contributed by atoms with E-state index in [9.17, 15) is 9.36 Å². The smallest absolute Gasteiger partial charge is 0.342 e. The molecule has 5 nitrogen and oxygen atoms in total. The number of hydrogen-bond donors (Lipinski definition) is 3. The number of carbonyl (C=O) groups excluding carboxylic acids is 1. The van der Waals surface area contributed by atoms with Crippen molar-refractivity contribution in [1.29, 1.82) is 0 Å². The average Bonchev–Trinajstić information content (AvgIpc) is 2.27. The summed E-state index contributed by atoms with van der Waals surface area (Å²) in [5.41, 5.74) is -0.462. The minimum absolute atomic E-state index is 0.116. The minimum atomic E-state index is -4.64. The van der Waals surface area contributed by atoms with E-state index in [0.717, 1.165) is 5.56 Å². The largest absolute Gasteiger partial charge is 0.413 e. The third kappa shape index (κ3) is 8.55. The van der Waals surface area contributed by atoms with Crippen LogP contribution in [0.25, 0.3) is 0 Å². The molecule has 0 aliphatic rings. The fourth-order valence-corrected chi connectivity index (χ4v) is 1.16. The first-order valence-corrected chi connectivity index (χ1v) is 8.32. The van der Waals surface area contributed by atoms with E-state index in [1.807, 2.05) is 6.07 Å². The fourth-order valence-electron chi connectivity index (χ4n) is 0.877. The first kappa shape index (κ1) is 16.8. The average molecular weight is 267 g/mol. The Hall–Kier alpha value is -0.160. The quantitative estimate of drug-likeness (QED) is 0.574. The second-order valence-corrected chi connectivity index (χ2v) is 6.30. The Labute approximate surface area is 118 Å². The van der Waals surface area contributed by atoms with Gasteiger partial charge in [-0.1, -0.05) is 30.3 Å². The molecule has 1 aromatic carbocycles. The number of benzene rings is 1. The number of nitrogens with one attached hydrogen (secondary N) is 1. The molecule has 17 heavy (non-hydrogen) atoms. The summed E-state index contributed by atoms with van der Waals surface area (Å²) in [6.07, 6.45) is 0.